The highest BCUT2D eigenvalue weighted by Gasteiger charge is 2.12. The Morgan fingerprint density at radius 1 is 1.29 bits per heavy atom. The molecule has 0 bridgehead atoms. The maximum absolute atomic E-state index is 12.0. The second-order valence-corrected chi connectivity index (χ2v) is 6.14. The second kappa shape index (κ2) is 8.73. The lowest BCUT2D eigenvalue weighted by Gasteiger charge is -2.23. The molecule has 0 aliphatic heterocycles. The summed E-state index contributed by atoms with van der Waals surface area (Å²) in [6.07, 6.45) is 0.895. The molecule has 1 amide bonds. The van der Waals surface area contributed by atoms with Crippen LogP contribution in [-0.2, 0) is 11.3 Å². The third-order valence-electron chi connectivity index (χ3n) is 4.02. The van der Waals surface area contributed by atoms with Gasteiger partial charge in [-0.15, -0.1) is 0 Å². The van der Waals surface area contributed by atoms with E-state index in [9.17, 15) is 4.79 Å². The van der Waals surface area contributed by atoms with Crippen LogP contribution in [0.4, 0.5) is 5.69 Å². The molecule has 0 atom stereocenters. The van der Waals surface area contributed by atoms with Crippen LogP contribution in [0.1, 0.15) is 24.7 Å². The fourth-order valence-corrected chi connectivity index (χ4v) is 2.76. The SMILES string of the molecule is CCN(CCCNC(=O)Cn1nc(C)c(Cl)c1C)c1ccccc1. The van der Waals surface area contributed by atoms with Crippen LogP contribution in [0.25, 0.3) is 0 Å². The van der Waals surface area contributed by atoms with Crippen LogP contribution in [0, 0.1) is 13.8 Å². The summed E-state index contributed by atoms with van der Waals surface area (Å²) in [6.45, 7) is 8.55. The summed E-state index contributed by atoms with van der Waals surface area (Å²) in [6, 6.07) is 10.3. The van der Waals surface area contributed by atoms with Gasteiger partial charge in [-0.3, -0.25) is 9.48 Å². The number of aromatic nitrogens is 2. The third-order valence-corrected chi connectivity index (χ3v) is 4.56. The van der Waals surface area contributed by atoms with Gasteiger partial charge in [-0.05, 0) is 39.3 Å². The summed E-state index contributed by atoms with van der Waals surface area (Å²) in [5.74, 6) is -0.0416. The number of hydrogen-bond donors (Lipinski definition) is 1. The summed E-state index contributed by atoms with van der Waals surface area (Å²) < 4.78 is 1.65. The van der Waals surface area contributed by atoms with Gasteiger partial charge in [0.15, 0.2) is 0 Å². The molecule has 5 nitrogen and oxygen atoms in total. The number of nitrogens with zero attached hydrogens (tertiary/aromatic N) is 3. The number of aryl methyl sites for hydroxylation is 1. The van der Waals surface area contributed by atoms with E-state index in [1.807, 2.05) is 32.0 Å². The number of rotatable bonds is 8. The number of para-hydroxylation sites is 1. The number of nitrogens with one attached hydrogen (secondary N) is 1. The Balaban J connectivity index is 1.75. The Morgan fingerprint density at radius 3 is 2.58 bits per heavy atom. The largest absolute Gasteiger partial charge is 0.372 e. The van der Waals surface area contributed by atoms with Crippen LogP contribution in [0.15, 0.2) is 30.3 Å². The fourth-order valence-electron chi connectivity index (χ4n) is 2.63. The Morgan fingerprint density at radius 2 is 2.00 bits per heavy atom. The minimum Gasteiger partial charge on any atom is -0.372 e. The predicted molar refractivity (Wildman–Crippen MR) is 98.7 cm³/mol. The van der Waals surface area contributed by atoms with E-state index in [2.05, 4.69) is 34.4 Å². The Bertz CT molecular complexity index is 669. The molecule has 0 saturated heterocycles. The maximum atomic E-state index is 12.0. The molecular weight excluding hydrogens is 324 g/mol. The number of amides is 1. The quantitative estimate of drug-likeness (QED) is 0.745. The molecular formula is C18H25ClN4O. The monoisotopic (exact) mass is 348 g/mol. The second-order valence-electron chi connectivity index (χ2n) is 5.76. The molecule has 6 heteroatoms. The summed E-state index contributed by atoms with van der Waals surface area (Å²) in [4.78, 5) is 14.3. The van der Waals surface area contributed by atoms with Crippen LogP contribution in [0.3, 0.4) is 0 Å². The van der Waals surface area contributed by atoms with Crippen molar-refractivity contribution in [1.29, 1.82) is 0 Å². The van der Waals surface area contributed by atoms with Gasteiger partial charge in [-0.1, -0.05) is 29.8 Å². The van der Waals surface area contributed by atoms with Gasteiger partial charge >= 0.3 is 0 Å². The van der Waals surface area contributed by atoms with E-state index < -0.39 is 0 Å². The first-order chi connectivity index (χ1) is 11.5. The number of hydrogen-bond acceptors (Lipinski definition) is 3. The normalized spacial score (nSPS) is 10.7. The highest BCUT2D eigenvalue weighted by atomic mass is 35.5. The molecule has 0 fully saturated rings. The zero-order valence-corrected chi connectivity index (χ0v) is 15.3. The van der Waals surface area contributed by atoms with E-state index >= 15 is 0 Å². The van der Waals surface area contributed by atoms with Crippen molar-refractivity contribution < 1.29 is 4.79 Å². The van der Waals surface area contributed by atoms with Crippen molar-refractivity contribution in [2.75, 3.05) is 24.5 Å². The molecule has 0 aliphatic rings. The van der Waals surface area contributed by atoms with Gasteiger partial charge in [0.05, 0.1) is 16.4 Å². The molecule has 0 aliphatic carbocycles. The molecule has 2 rings (SSSR count). The zero-order chi connectivity index (χ0) is 17.5. The van der Waals surface area contributed by atoms with Gasteiger partial charge in [0.1, 0.15) is 6.54 Å². The Hall–Kier alpha value is -2.01. The van der Waals surface area contributed by atoms with Crippen LogP contribution < -0.4 is 10.2 Å². The molecule has 1 aromatic carbocycles. The fraction of sp³-hybridized carbons (Fsp3) is 0.444. The predicted octanol–water partition coefficient (Wildman–Crippen LogP) is 3.19. The van der Waals surface area contributed by atoms with Crippen LogP contribution in [0.5, 0.6) is 0 Å². The summed E-state index contributed by atoms with van der Waals surface area (Å²) >= 11 is 6.10. The van der Waals surface area contributed by atoms with Gasteiger partial charge in [-0.25, -0.2) is 0 Å². The molecule has 0 unspecified atom stereocenters. The van der Waals surface area contributed by atoms with Crippen LogP contribution >= 0.6 is 11.6 Å². The topological polar surface area (TPSA) is 50.2 Å². The number of carbonyl (C=O) groups excluding carboxylic acids is 1. The first-order valence-electron chi connectivity index (χ1n) is 8.29. The molecule has 0 spiro atoms. The van der Waals surface area contributed by atoms with Gasteiger partial charge in [0.25, 0.3) is 0 Å². The van der Waals surface area contributed by atoms with Crippen LogP contribution in [-0.4, -0.2) is 35.3 Å². The minimum absolute atomic E-state index is 0.0416. The molecule has 24 heavy (non-hydrogen) atoms. The standard InChI is InChI=1S/C18H25ClN4O/c1-4-22(16-9-6-5-7-10-16)12-8-11-20-17(24)13-23-15(3)18(19)14(2)21-23/h5-7,9-10H,4,8,11-13H2,1-3H3,(H,20,24). The van der Waals surface area contributed by atoms with Crippen molar-refractivity contribution >= 4 is 23.2 Å². The van der Waals surface area contributed by atoms with Crippen molar-refractivity contribution in [3.63, 3.8) is 0 Å². The Labute approximate surface area is 148 Å². The van der Waals surface area contributed by atoms with E-state index in [-0.39, 0.29) is 12.5 Å². The van der Waals surface area contributed by atoms with Crippen molar-refractivity contribution in [3.05, 3.63) is 46.7 Å². The molecule has 2 aromatic rings. The molecule has 1 heterocycles. The number of halogens is 1. The number of benzene rings is 1. The van der Waals surface area contributed by atoms with Gasteiger partial charge in [0, 0.05) is 25.3 Å². The summed E-state index contributed by atoms with van der Waals surface area (Å²) in [7, 11) is 0. The van der Waals surface area contributed by atoms with E-state index in [4.69, 9.17) is 11.6 Å². The molecule has 0 saturated carbocycles. The molecule has 1 N–H and O–H groups in total. The minimum atomic E-state index is -0.0416. The van der Waals surface area contributed by atoms with E-state index in [1.165, 1.54) is 5.69 Å². The summed E-state index contributed by atoms with van der Waals surface area (Å²) in [5, 5.41) is 7.85. The maximum Gasteiger partial charge on any atom is 0.241 e. The molecule has 0 radical (unpaired) electrons. The smallest absolute Gasteiger partial charge is 0.241 e. The highest BCUT2D eigenvalue weighted by molar-refractivity contribution is 6.31. The summed E-state index contributed by atoms with van der Waals surface area (Å²) in [5.41, 5.74) is 2.79. The van der Waals surface area contributed by atoms with Crippen molar-refractivity contribution in [2.45, 2.75) is 33.7 Å². The number of carbonyl (C=O) groups is 1. The number of anilines is 1. The first-order valence-corrected chi connectivity index (χ1v) is 8.67. The van der Waals surface area contributed by atoms with Gasteiger partial charge in [0.2, 0.25) is 5.91 Å². The lowest BCUT2D eigenvalue weighted by molar-refractivity contribution is -0.121. The van der Waals surface area contributed by atoms with Crippen molar-refractivity contribution in [2.24, 2.45) is 0 Å². The zero-order valence-electron chi connectivity index (χ0n) is 14.6. The Kier molecular flexibility index (Phi) is 6.67. The highest BCUT2D eigenvalue weighted by Crippen LogP contribution is 2.18. The van der Waals surface area contributed by atoms with Crippen molar-refractivity contribution in [3.8, 4) is 0 Å². The molecule has 130 valence electrons. The molecule has 1 aromatic heterocycles. The third kappa shape index (κ3) is 4.74. The first kappa shape index (κ1) is 18.3. The lowest BCUT2D eigenvalue weighted by atomic mass is 10.2. The average molecular weight is 349 g/mol. The van der Waals surface area contributed by atoms with E-state index in [0.29, 0.717) is 11.6 Å². The average Bonchev–Trinajstić information content (AvgIpc) is 2.82. The van der Waals surface area contributed by atoms with Crippen molar-refractivity contribution in [1.82, 2.24) is 15.1 Å². The van der Waals surface area contributed by atoms with Gasteiger partial charge < -0.3 is 10.2 Å². The van der Waals surface area contributed by atoms with E-state index in [1.54, 1.807) is 4.68 Å². The van der Waals surface area contributed by atoms with Gasteiger partial charge in [-0.2, -0.15) is 5.10 Å². The van der Waals surface area contributed by atoms with E-state index in [0.717, 1.165) is 30.9 Å². The van der Waals surface area contributed by atoms with Crippen LogP contribution in [0.2, 0.25) is 5.02 Å². The lowest BCUT2D eigenvalue weighted by Crippen LogP contribution is -2.32.